The number of carbonyl (C=O) groups excluding carboxylic acids is 1. The number of H-pyrrole nitrogens is 1. The van der Waals surface area contributed by atoms with E-state index in [1.54, 1.807) is 25.1 Å². The normalized spacial score (nSPS) is 12.5. The Hall–Kier alpha value is -3.66. The van der Waals surface area contributed by atoms with Gasteiger partial charge >= 0.3 is 0 Å². The van der Waals surface area contributed by atoms with E-state index in [0.29, 0.717) is 30.3 Å². The van der Waals surface area contributed by atoms with Crippen LogP contribution in [0.1, 0.15) is 24.2 Å². The molecule has 3 N–H and O–H groups in total. The summed E-state index contributed by atoms with van der Waals surface area (Å²) < 4.78 is 45.2. The van der Waals surface area contributed by atoms with Crippen LogP contribution in [0.3, 0.4) is 0 Å². The summed E-state index contributed by atoms with van der Waals surface area (Å²) in [6.07, 6.45) is 0. The number of amides is 1. The lowest BCUT2D eigenvalue weighted by atomic mass is 10.1. The van der Waals surface area contributed by atoms with Gasteiger partial charge < -0.3 is 10.1 Å². The molecule has 3 aromatic rings. The van der Waals surface area contributed by atoms with Crippen molar-refractivity contribution >= 4 is 17.7 Å². The van der Waals surface area contributed by atoms with E-state index in [1.165, 1.54) is 12.1 Å². The number of halogens is 3. The molecular weight excluding hydrogens is 423 g/mol. The minimum atomic E-state index is -1.13. The lowest BCUT2D eigenvalue weighted by Gasteiger charge is -2.13. The summed E-state index contributed by atoms with van der Waals surface area (Å²) in [6.45, 7) is 4.45. The molecule has 0 saturated heterocycles. The standard InChI is InChI=1S/C22H22F3N5O2/c1-3-32-12-13(2)26-22(28-21(31)15-6-9-17(24)18(25)10-15)27-20-11-19(29-30-20)14-4-7-16(23)8-5-14/h4-11,13H,3,12H2,1-2H3,(H3,26,27,28,29,30,31). The van der Waals surface area contributed by atoms with Crippen molar-refractivity contribution < 1.29 is 22.7 Å². The topological polar surface area (TPSA) is 91.4 Å². The molecule has 0 bridgehead atoms. The number of anilines is 1. The number of rotatable bonds is 7. The van der Waals surface area contributed by atoms with Gasteiger partial charge in [0.15, 0.2) is 17.5 Å². The summed E-state index contributed by atoms with van der Waals surface area (Å²) in [4.78, 5) is 16.9. The molecule has 0 aliphatic rings. The number of ether oxygens (including phenoxy) is 1. The fourth-order valence-electron chi connectivity index (χ4n) is 2.74. The van der Waals surface area contributed by atoms with Gasteiger partial charge in [-0.1, -0.05) is 0 Å². The van der Waals surface area contributed by atoms with Crippen molar-refractivity contribution in [1.82, 2.24) is 15.5 Å². The van der Waals surface area contributed by atoms with Crippen LogP contribution >= 0.6 is 0 Å². The number of hydrogen-bond donors (Lipinski definition) is 3. The lowest BCUT2D eigenvalue weighted by Crippen LogP contribution is -2.37. The van der Waals surface area contributed by atoms with Gasteiger partial charge in [-0.3, -0.25) is 15.2 Å². The van der Waals surface area contributed by atoms with Crippen LogP contribution in [-0.4, -0.2) is 41.3 Å². The first-order valence-corrected chi connectivity index (χ1v) is 9.86. The maximum absolute atomic E-state index is 13.5. The molecule has 2 aromatic carbocycles. The van der Waals surface area contributed by atoms with Gasteiger partial charge in [-0.05, 0) is 61.9 Å². The Kier molecular flexibility index (Phi) is 7.61. The monoisotopic (exact) mass is 445 g/mol. The van der Waals surface area contributed by atoms with Gasteiger partial charge in [0.25, 0.3) is 5.91 Å². The van der Waals surface area contributed by atoms with Crippen LogP contribution in [0.25, 0.3) is 11.3 Å². The molecule has 1 atom stereocenters. The molecule has 1 aromatic heterocycles. The second-order valence-electron chi connectivity index (χ2n) is 6.87. The molecule has 0 saturated carbocycles. The zero-order valence-electron chi connectivity index (χ0n) is 17.5. The molecule has 7 nitrogen and oxygen atoms in total. The third-order valence-electron chi connectivity index (χ3n) is 4.31. The summed E-state index contributed by atoms with van der Waals surface area (Å²) in [7, 11) is 0. The summed E-state index contributed by atoms with van der Waals surface area (Å²) in [5, 5.41) is 12.4. The van der Waals surface area contributed by atoms with Gasteiger partial charge in [-0.2, -0.15) is 5.10 Å². The van der Waals surface area contributed by atoms with Crippen LogP contribution in [-0.2, 0) is 4.74 Å². The quantitative estimate of drug-likeness (QED) is 0.377. The SMILES string of the molecule is CCOCC(C)N=C(NC(=O)c1ccc(F)c(F)c1)Nc1cc(-c2ccc(F)cc2)[nH]n1. The Balaban J connectivity index is 1.79. The number of benzene rings is 2. The zero-order chi connectivity index (χ0) is 23.1. The highest BCUT2D eigenvalue weighted by atomic mass is 19.2. The Bertz CT molecular complexity index is 1100. The largest absolute Gasteiger partial charge is 0.380 e. The fraction of sp³-hybridized carbons (Fsp3) is 0.227. The summed E-state index contributed by atoms with van der Waals surface area (Å²) in [5.41, 5.74) is 1.24. The van der Waals surface area contributed by atoms with Crippen molar-refractivity contribution in [1.29, 1.82) is 0 Å². The van der Waals surface area contributed by atoms with Crippen molar-refractivity contribution in [3.63, 3.8) is 0 Å². The summed E-state index contributed by atoms with van der Waals surface area (Å²) in [6, 6.07) is 10.0. The number of nitrogens with zero attached hydrogens (tertiary/aromatic N) is 2. The molecule has 0 fully saturated rings. The number of nitrogens with one attached hydrogen (secondary N) is 3. The molecule has 0 spiro atoms. The van der Waals surface area contributed by atoms with E-state index in [-0.39, 0.29) is 23.4 Å². The first-order valence-electron chi connectivity index (χ1n) is 9.86. The van der Waals surface area contributed by atoms with Crippen molar-refractivity contribution in [2.24, 2.45) is 4.99 Å². The third kappa shape index (κ3) is 6.17. The Morgan fingerprint density at radius 1 is 1.12 bits per heavy atom. The fourth-order valence-corrected chi connectivity index (χ4v) is 2.74. The second-order valence-corrected chi connectivity index (χ2v) is 6.87. The van der Waals surface area contributed by atoms with E-state index in [9.17, 15) is 18.0 Å². The van der Waals surface area contributed by atoms with Crippen molar-refractivity contribution in [2.75, 3.05) is 18.5 Å². The minimum absolute atomic E-state index is 0.0455. The van der Waals surface area contributed by atoms with E-state index in [2.05, 4.69) is 25.8 Å². The Morgan fingerprint density at radius 2 is 1.88 bits per heavy atom. The third-order valence-corrected chi connectivity index (χ3v) is 4.31. The maximum Gasteiger partial charge on any atom is 0.258 e. The van der Waals surface area contributed by atoms with Gasteiger partial charge in [0, 0.05) is 18.2 Å². The first-order chi connectivity index (χ1) is 15.4. The lowest BCUT2D eigenvalue weighted by molar-refractivity contribution is 0.0975. The Morgan fingerprint density at radius 3 is 2.56 bits per heavy atom. The average Bonchev–Trinajstić information content (AvgIpc) is 3.23. The van der Waals surface area contributed by atoms with E-state index in [1.807, 2.05) is 6.92 Å². The molecule has 1 amide bonds. The van der Waals surface area contributed by atoms with Crippen LogP contribution in [0.4, 0.5) is 19.0 Å². The molecule has 0 aliphatic carbocycles. The predicted molar refractivity (Wildman–Crippen MR) is 115 cm³/mol. The van der Waals surface area contributed by atoms with Crippen molar-refractivity contribution in [3.05, 3.63) is 71.5 Å². The van der Waals surface area contributed by atoms with Crippen LogP contribution in [0.2, 0.25) is 0 Å². The van der Waals surface area contributed by atoms with E-state index < -0.39 is 17.5 Å². The molecule has 168 valence electrons. The van der Waals surface area contributed by atoms with Crippen LogP contribution in [0.5, 0.6) is 0 Å². The van der Waals surface area contributed by atoms with Gasteiger partial charge in [0.1, 0.15) is 5.82 Å². The van der Waals surface area contributed by atoms with E-state index in [4.69, 9.17) is 4.74 Å². The molecule has 32 heavy (non-hydrogen) atoms. The highest BCUT2D eigenvalue weighted by molar-refractivity contribution is 6.09. The Labute approximate surface area is 182 Å². The molecule has 0 aliphatic heterocycles. The molecule has 0 radical (unpaired) electrons. The van der Waals surface area contributed by atoms with E-state index in [0.717, 1.165) is 18.2 Å². The predicted octanol–water partition coefficient (Wildman–Crippen LogP) is 4.12. The number of guanidine groups is 1. The zero-order valence-corrected chi connectivity index (χ0v) is 17.5. The van der Waals surface area contributed by atoms with Gasteiger partial charge in [0.2, 0.25) is 5.96 Å². The molecule has 10 heteroatoms. The smallest absolute Gasteiger partial charge is 0.258 e. The summed E-state index contributed by atoms with van der Waals surface area (Å²) >= 11 is 0. The number of hydrogen-bond acceptors (Lipinski definition) is 4. The highest BCUT2D eigenvalue weighted by Gasteiger charge is 2.15. The average molecular weight is 445 g/mol. The first kappa shape index (κ1) is 23.0. The van der Waals surface area contributed by atoms with Crippen molar-refractivity contribution in [3.8, 4) is 11.3 Å². The molecule has 1 unspecified atom stereocenters. The molecule has 1 heterocycles. The van der Waals surface area contributed by atoms with Crippen LogP contribution < -0.4 is 10.6 Å². The highest BCUT2D eigenvalue weighted by Crippen LogP contribution is 2.20. The van der Waals surface area contributed by atoms with Gasteiger partial charge in [0.05, 0.1) is 18.3 Å². The van der Waals surface area contributed by atoms with Crippen molar-refractivity contribution in [2.45, 2.75) is 19.9 Å². The molecular formula is C22H22F3N5O2. The number of carbonyl (C=O) groups is 1. The van der Waals surface area contributed by atoms with Gasteiger partial charge in [-0.15, -0.1) is 0 Å². The number of aromatic amines is 1. The second kappa shape index (κ2) is 10.6. The number of aliphatic imine (C=N–C) groups is 1. The molecule has 3 rings (SSSR count). The number of aromatic nitrogens is 2. The van der Waals surface area contributed by atoms with Crippen LogP contribution in [0, 0.1) is 17.5 Å². The van der Waals surface area contributed by atoms with Crippen LogP contribution in [0.15, 0.2) is 53.5 Å². The van der Waals surface area contributed by atoms with Gasteiger partial charge in [-0.25, -0.2) is 18.2 Å². The minimum Gasteiger partial charge on any atom is -0.380 e. The maximum atomic E-state index is 13.5. The summed E-state index contributed by atoms with van der Waals surface area (Å²) in [5.74, 6) is -2.85. The van der Waals surface area contributed by atoms with E-state index >= 15 is 0 Å².